The molecule has 1 aliphatic rings. The number of hydrogen-bond acceptors (Lipinski definition) is 2. The molecule has 0 amide bonds. The topological polar surface area (TPSA) is 17.4 Å². The Hall–Kier alpha value is -2.26. The Morgan fingerprint density at radius 3 is 2.78 bits per heavy atom. The molecule has 1 aliphatic heterocycles. The largest absolute Gasteiger partial charge is 0.494 e. The molecule has 0 bridgehead atoms. The van der Waals surface area contributed by atoms with Crippen molar-refractivity contribution >= 4 is 10.9 Å². The van der Waals surface area contributed by atoms with Gasteiger partial charge in [0.2, 0.25) is 0 Å². The summed E-state index contributed by atoms with van der Waals surface area (Å²) in [6.45, 7) is 9.39. The van der Waals surface area contributed by atoms with Crippen molar-refractivity contribution in [2.45, 2.75) is 46.2 Å². The molecule has 0 fully saturated rings. The van der Waals surface area contributed by atoms with E-state index in [4.69, 9.17) is 4.74 Å². The highest BCUT2D eigenvalue weighted by Gasteiger charge is 2.28. The number of ether oxygens (including phenoxy) is 1. The molecule has 0 aliphatic carbocycles. The van der Waals surface area contributed by atoms with E-state index in [2.05, 4.69) is 72.8 Å². The molecule has 2 aromatic carbocycles. The monoisotopic (exact) mass is 362 g/mol. The van der Waals surface area contributed by atoms with Crippen LogP contribution < -0.4 is 4.74 Å². The Balaban J connectivity index is 1.77. The SMILES string of the molecule is CCOc1ccc2c(c1)c1c(n2CCc2cccc(C)c2)CCN(C)C1C. The van der Waals surface area contributed by atoms with Crippen LogP contribution in [0.4, 0.5) is 0 Å². The van der Waals surface area contributed by atoms with Crippen LogP contribution in [0.1, 0.15) is 42.3 Å². The van der Waals surface area contributed by atoms with Crippen LogP contribution >= 0.6 is 0 Å². The lowest BCUT2D eigenvalue weighted by atomic mass is 9.97. The van der Waals surface area contributed by atoms with Crippen molar-refractivity contribution in [3.63, 3.8) is 0 Å². The van der Waals surface area contributed by atoms with Gasteiger partial charge in [-0.15, -0.1) is 0 Å². The zero-order valence-corrected chi connectivity index (χ0v) is 17.0. The number of hydrogen-bond donors (Lipinski definition) is 0. The zero-order chi connectivity index (χ0) is 19.0. The fourth-order valence-corrected chi connectivity index (χ4v) is 4.46. The van der Waals surface area contributed by atoms with Gasteiger partial charge in [0.15, 0.2) is 0 Å². The van der Waals surface area contributed by atoms with Crippen LogP contribution in [0, 0.1) is 6.92 Å². The molecule has 0 N–H and O–H groups in total. The molecular weight excluding hydrogens is 332 g/mol. The summed E-state index contributed by atoms with van der Waals surface area (Å²) in [7, 11) is 2.23. The lowest BCUT2D eigenvalue weighted by molar-refractivity contribution is 0.245. The fourth-order valence-electron chi connectivity index (χ4n) is 4.46. The van der Waals surface area contributed by atoms with E-state index < -0.39 is 0 Å². The van der Waals surface area contributed by atoms with Crippen LogP contribution in [0.2, 0.25) is 0 Å². The van der Waals surface area contributed by atoms with Crippen LogP contribution in [-0.4, -0.2) is 29.7 Å². The predicted molar refractivity (Wildman–Crippen MR) is 113 cm³/mol. The molecule has 0 saturated carbocycles. The van der Waals surface area contributed by atoms with Gasteiger partial charge in [-0.2, -0.15) is 0 Å². The second-order valence-corrected chi connectivity index (χ2v) is 7.77. The third kappa shape index (κ3) is 3.37. The standard InChI is InChI=1S/C24H30N2O/c1-5-27-20-9-10-22-21(16-20)24-18(3)25(4)13-12-23(24)26(22)14-11-19-8-6-7-17(2)15-19/h6-10,15-16,18H,5,11-14H2,1-4H3. The van der Waals surface area contributed by atoms with Gasteiger partial charge < -0.3 is 9.30 Å². The van der Waals surface area contributed by atoms with Gasteiger partial charge in [-0.25, -0.2) is 0 Å². The van der Waals surface area contributed by atoms with Crippen molar-refractivity contribution in [1.82, 2.24) is 9.47 Å². The van der Waals surface area contributed by atoms with Gasteiger partial charge in [0.05, 0.1) is 6.61 Å². The first-order valence-corrected chi connectivity index (χ1v) is 10.1. The number of fused-ring (bicyclic) bond motifs is 3. The van der Waals surface area contributed by atoms with Gasteiger partial charge in [-0.05, 0) is 63.6 Å². The van der Waals surface area contributed by atoms with Crippen LogP contribution in [0.5, 0.6) is 5.75 Å². The van der Waals surface area contributed by atoms with Crippen molar-refractivity contribution in [3.8, 4) is 5.75 Å². The Morgan fingerprint density at radius 1 is 1.15 bits per heavy atom. The predicted octanol–water partition coefficient (Wildman–Crippen LogP) is 5.14. The summed E-state index contributed by atoms with van der Waals surface area (Å²) in [6, 6.07) is 15.9. The molecule has 0 saturated heterocycles. The van der Waals surface area contributed by atoms with E-state index in [-0.39, 0.29) is 0 Å². The minimum absolute atomic E-state index is 0.438. The van der Waals surface area contributed by atoms with Gasteiger partial charge in [-0.1, -0.05) is 29.8 Å². The van der Waals surface area contributed by atoms with Gasteiger partial charge in [0, 0.05) is 42.1 Å². The molecule has 3 aromatic rings. The third-order valence-electron chi connectivity index (χ3n) is 5.98. The minimum atomic E-state index is 0.438. The summed E-state index contributed by atoms with van der Waals surface area (Å²) in [4.78, 5) is 2.46. The van der Waals surface area contributed by atoms with Crippen LogP contribution in [0.3, 0.4) is 0 Å². The van der Waals surface area contributed by atoms with Crippen molar-refractivity contribution in [1.29, 1.82) is 0 Å². The highest BCUT2D eigenvalue weighted by atomic mass is 16.5. The molecule has 3 heteroatoms. The molecule has 27 heavy (non-hydrogen) atoms. The van der Waals surface area contributed by atoms with Crippen molar-refractivity contribution in [3.05, 3.63) is 64.8 Å². The van der Waals surface area contributed by atoms with Crippen LogP contribution in [0.25, 0.3) is 10.9 Å². The molecule has 1 aromatic heterocycles. The average Bonchev–Trinajstić information content (AvgIpc) is 2.97. The normalized spacial score (nSPS) is 17.3. The highest BCUT2D eigenvalue weighted by Crippen LogP contribution is 2.38. The van der Waals surface area contributed by atoms with Gasteiger partial charge >= 0.3 is 0 Å². The number of aryl methyl sites for hydroxylation is 3. The zero-order valence-electron chi connectivity index (χ0n) is 17.0. The minimum Gasteiger partial charge on any atom is -0.494 e. The molecular formula is C24H30N2O. The molecule has 0 radical (unpaired) electrons. The number of rotatable bonds is 5. The molecule has 0 spiro atoms. The fraction of sp³-hybridized carbons (Fsp3) is 0.417. The molecule has 142 valence electrons. The molecule has 1 unspecified atom stereocenters. The van der Waals surface area contributed by atoms with E-state index in [1.54, 1.807) is 0 Å². The maximum Gasteiger partial charge on any atom is 0.120 e. The Bertz CT molecular complexity index is 956. The van der Waals surface area contributed by atoms with Crippen molar-refractivity contribution in [2.24, 2.45) is 0 Å². The summed E-state index contributed by atoms with van der Waals surface area (Å²) in [5.74, 6) is 0.976. The molecule has 1 atom stereocenters. The summed E-state index contributed by atoms with van der Waals surface area (Å²) in [5, 5.41) is 1.36. The number of likely N-dealkylation sites (N-methyl/N-ethyl adjacent to an activating group) is 1. The third-order valence-corrected chi connectivity index (χ3v) is 5.98. The second-order valence-electron chi connectivity index (χ2n) is 7.77. The van der Waals surface area contributed by atoms with Gasteiger partial charge in [-0.3, -0.25) is 4.90 Å². The van der Waals surface area contributed by atoms with Crippen LogP contribution in [0.15, 0.2) is 42.5 Å². The number of benzene rings is 2. The Kier molecular flexibility index (Phi) is 4.96. The maximum absolute atomic E-state index is 5.80. The maximum atomic E-state index is 5.80. The highest BCUT2D eigenvalue weighted by molar-refractivity contribution is 5.87. The Labute approximate surface area is 162 Å². The van der Waals surface area contributed by atoms with E-state index in [0.29, 0.717) is 12.6 Å². The van der Waals surface area contributed by atoms with E-state index in [1.807, 2.05) is 6.92 Å². The molecule has 4 rings (SSSR count). The number of aromatic nitrogens is 1. The smallest absolute Gasteiger partial charge is 0.120 e. The van der Waals surface area contributed by atoms with E-state index in [1.165, 1.54) is 33.3 Å². The van der Waals surface area contributed by atoms with Crippen LogP contribution in [-0.2, 0) is 19.4 Å². The summed E-state index contributed by atoms with van der Waals surface area (Å²) < 4.78 is 8.36. The first kappa shape index (κ1) is 18.1. The molecule has 2 heterocycles. The van der Waals surface area contributed by atoms with Crippen molar-refractivity contribution < 1.29 is 4.74 Å². The lowest BCUT2D eigenvalue weighted by Gasteiger charge is -2.31. The first-order chi connectivity index (χ1) is 13.1. The number of nitrogens with zero attached hydrogens (tertiary/aromatic N) is 2. The average molecular weight is 363 g/mol. The second kappa shape index (κ2) is 7.40. The van der Waals surface area contributed by atoms with Crippen molar-refractivity contribution in [2.75, 3.05) is 20.2 Å². The quantitative estimate of drug-likeness (QED) is 0.625. The van der Waals surface area contributed by atoms with E-state index >= 15 is 0 Å². The summed E-state index contributed by atoms with van der Waals surface area (Å²) >= 11 is 0. The van der Waals surface area contributed by atoms with E-state index in [9.17, 15) is 0 Å². The summed E-state index contributed by atoms with van der Waals surface area (Å²) in [5.41, 5.74) is 7.10. The first-order valence-electron chi connectivity index (χ1n) is 10.1. The lowest BCUT2D eigenvalue weighted by Crippen LogP contribution is -2.31. The van der Waals surface area contributed by atoms with Gasteiger partial charge in [0.25, 0.3) is 0 Å². The molecule has 3 nitrogen and oxygen atoms in total. The Morgan fingerprint density at radius 2 is 2.00 bits per heavy atom. The van der Waals surface area contributed by atoms with E-state index in [0.717, 1.165) is 31.7 Å². The summed E-state index contributed by atoms with van der Waals surface area (Å²) in [6.07, 6.45) is 2.18. The van der Waals surface area contributed by atoms with Gasteiger partial charge in [0.1, 0.15) is 5.75 Å².